The summed E-state index contributed by atoms with van der Waals surface area (Å²) in [4.78, 5) is 36.6. The Hall–Kier alpha value is -2.21. The molecular weight excluding hydrogens is 320 g/mol. The van der Waals surface area contributed by atoms with E-state index in [0.29, 0.717) is 19.3 Å². The van der Waals surface area contributed by atoms with Crippen molar-refractivity contribution in [3.05, 3.63) is 35.9 Å². The van der Waals surface area contributed by atoms with Gasteiger partial charge >= 0.3 is 6.09 Å². The molecule has 1 unspecified atom stereocenters. The van der Waals surface area contributed by atoms with Crippen molar-refractivity contribution >= 4 is 17.8 Å². The van der Waals surface area contributed by atoms with Gasteiger partial charge in [-0.15, -0.1) is 0 Å². The van der Waals surface area contributed by atoms with Crippen LogP contribution in [0.15, 0.2) is 30.3 Å². The van der Waals surface area contributed by atoms with E-state index in [1.54, 1.807) is 6.92 Å². The highest BCUT2D eigenvalue weighted by molar-refractivity contribution is 5.96. The molecule has 1 aliphatic rings. The third-order valence-corrected chi connectivity index (χ3v) is 4.37. The van der Waals surface area contributed by atoms with Crippen LogP contribution in [0.5, 0.6) is 0 Å². The highest BCUT2D eigenvalue weighted by atomic mass is 16.6. The normalized spacial score (nSPS) is 18.1. The van der Waals surface area contributed by atoms with E-state index >= 15 is 0 Å². The first-order valence-corrected chi connectivity index (χ1v) is 8.78. The maximum absolute atomic E-state index is 12.6. The zero-order valence-electron chi connectivity index (χ0n) is 14.6. The van der Waals surface area contributed by atoms with Gasteiger partial charge in [0, 0.05) is 6.42 Å². The minimum absolute atomic E-state index is 0.170. The predicted molar refractivity (Wildman–Crippen MR) is 93.9 cm³/mol. The first-order valence-electron chi connectivity index (χ1n) is 8.78. The number of nitrogens with two attached hydrogens (primary N) is 1. The second-order valence-corrected chi connectivity index (χ2v) is 6.54. The second-order valence-electron chi connectivity index (χ2n) is 6.54. The zero-order chi connectivity index (χ0) is 18.2. The quantitative estimate of drug-likeness (QED) is 0.694. The molecule has 2 N–H and O–H groups in total. The monoisotopic (exact) mass is 346 g/mol. The van der Waals surface area contributed by atoms with Crippen molar-refractivity contribution in [2.75, 3.05) is 6.61 Å². The highest BCUT2D eigenvalue weighted by Gasteiger charge is 2.39. The van der Waals surface area contributed by atoms with Crippen LogP contribution in [-0.2, 0) is 20.7 Å². The number of Topliss-reactive ketones (excluding diaryl/α,β-unsaturated/α-hetero) is 1. The summed E-state index contributed by atoms with van der Waals surface area (Å²) < 4.78 is 5.06. The third kappa shape index (κ3) is 5.67. The number of nitrogens with zero attached hydrogens (tertiary/aromatic N) is 1. The Labute approximate surface area is 148 Å². The van der Waals surface area contributed by atoms with Crippen molar-refractivity contribution in [3.63, 3.8) is 0 Å². The lowest BCUT2D eigenvalue weighted by Gasteiger charge is -2.23. The van der Waals surface area contributed by atoms with Gasteiger partial charge in [0.1, 0.15) is 12.4 Å². The van der Waals surface area contributed by atoms with Crippen LogP contribution in [0, 0.1) is 0 Å². The molecule has 0 radical (unpaired) electrons. The summed E-state index contributed by atoms with van der Waals surface area (Å²) in [6.07, 6.45) is 3.41. The molecule has 6 nitrogen and oxygen atoms in total. The molecule has 0 bridgehead atoms. The van der Waals surface area contributed by atoms with E-state index in [0.717, 1.165) is 24.8 Å². The Morgan fingerprint density at radius 3 is 2.64 bits per heavy atom. The van der Waals surface area contributed by atoms with Crippen molar-refractivity contribution in [1.82, 2.24) is 4.90 Å². The topological polar surface area (TPSA) is 89.7 Å². The van der Waals surface area contributed by atoms with E-state index < -0.39 is 12.1 Å². The summed E-state index contributed by atoms with van der Waals surface area (Å²) in [5, 5.41) is 0. The molecule has 1 fully saturated rings. The molecule has 0 aliphatic carbocycles. The molecule has 1 saturated heterocycles. The SMILES string of the molecule is CC(=O)CCCCCC(N)C(=O)N1C(=O)OC[C@@H]1Cc1ccccc1. The van der Waals surface area contributed by atoms with Crippen LogP contribution in [0.25, 0.3) is 0 Å². The third-order valence-electron chi connectivity index (χ3n) is 4.37. The van der Waals surface area contributed by atoms with Gasteiger partial charge < -0.3 is 15.3 Å². The lowest BCUT2D eigenvalue weighted by molar-refractivity contribution is -0.130. The Kier molecular flexibility index (Phi) is 7.13. The minimum atomic E-state index is -0.721. The number of ketones is 1. The number of carbonyl (C=O) groups excluding carboxylic acids is 3. The molecule has 1 aromatic carbocycles. The lowest BCUT2D eigenvalue weighted by atomic mass is 10.0. The molecule has 2 rings (SSSR count). The maximum Gasteiger partial charge on any atom is 0.417 e. The summed E-state index contributed by atoms with van der Waals surface area (Å²) in [7, 11) is 0. The minimum Gasteiger partial charge on any atom is -0.447 e. The van der Waals surface area contributed by atoms with Gasteiger partial charge in [0.05, 0.1) is 12.1 Å². The number of ether oxygens (including phenoxy) is 1. The van der Waals surface area contributed by atoms with Gasteiger partial charge in [-0.2, -0.15) is 0 Å². The first kappa shape index (κ1) is 19.1. The van der Waals surface area contributed by atoms with Crippen LogP contribution in [0.2, 0.25) is 0 Å². The van der Waals surface area contributed by atoms with E-state index in [1.807, 2.05) is 30.3 Å². The van der Waals surface area contributed by atoms with Crippen molar-refractivity contribution in [2.24, 2.45) is 5.73 Å². The molecule has 136 valence electrons. The molecule has 2 atom stereocenters. The lowest BCUT2D eigenvalue weighted by Crippen LogP contribution is -2.48. The molecule has 1 heterocycles. The van der Waals surface area contributed by atoms with E-state index in [1.165, 1.54) is 4.90 Å². The van der Waals surface area contributed by atoms with Gasteiger partial charge in [0.25, 0.3) is 0 Å². The molecule has 0 saturated carbocycles. The number of unbranched alkanes of at least 4 members (excludes halogenated alkanes) is 2. The van der Waals surface area contributed by atoms with Gasteiger partial charge in [0.2, 0.25) is 5.91 Å². The van der Waals surface area contributed by atoms with Crippen molar-refractivity contribution in [1.29, 1.82) is 0 Å². The fraction of sp³-hybridized carbons (Fsp3) is 0.526. The summed E-state index contributed by atoms with van der Waals surface area (Å²) in [5.74, 6) is -0.209. The summed E-state index contributed by atoms with van der Waals surface area (Å²) in [5.41, 5.74) is 7.03. The van der Waals surface area contributed by atoms with E-state index in [-0.39, 0.29) is 24.3 Å². The fourth-order valence-corrected chi connectivity index (χ4v) is 2.98. The number of cyclic esters (lactones) is 1. The van der Waals surface area contributed by atoms with Crippen molar-refractivity contribution in [3.8, 4) is 0 Å². The zero-order valence-corrected chi connectivity index (χ0v) is 14.6. The van der Waals surface area contributed by atoms with E-state index in [4.69, 9.17) is 10.5 Å². The Balaban J connectivity index is 1.86. The number of carbonyl (C=O) groups is 3. The van der Waals surface area contributed by atoms with Crippen LogP contribution in [0.4, 0.5) is 4.79 Å². The van der Waals surface area contributed by atoms with Crippen molar-refractivity contribution in [2.45, 2.75) is 57.5 Å². The Morgan fingerprint density at radius 1 is 1.24 bits per heavy atom. The van der Waals surface area contributed by atoms with Crippen LogP contribution in [0.1, 0.15) is 44.6 Å². The second kappa shape index (κ2) is 9.32. The molecule has 1 aliphatic heterocycles. The van der Waals surface area contributed by atoms with Crippen molar-refractivity contribution < 1.29 is 19.1 Å². The van der Waals surface area contributed by atoms with E-state index in [2.05, 4.69) is 0 Å². The predicted octanol–water partition coefficient (Wildman–Crippen LogP) is 2.44. The average Bonchev–Trinajstić information content (AvgIpc) is 2.94. The highest BCUT2D eigenvalue weighted by Crippen LogP contribution is 2.19. The van der Waals surface area contributed by atoms with Gasteiger partial charge in [-0.3, -0.25) is 4.79 Å². The van der Waals surface area contributed by atoms with Gasteiger partial charge in [-0.1, -0.05) is 43.2 Å². The molecule has 25 heavy (non-hydrogen) atoms. The molecule has 0 aromatic heterocycles. The summed E-state index contributed by atoms with van der Waals surface area (Å²) in [6, 6.07) is 8.65. The molecule has 6 heteroatoms. The van der Waals surface area contributed by atoms with Crippen LogP contribution < -0.4 is 5.73 Å². The number of hydrogen-bond donors (Lipinski definition) is 1. The van der Waals surface area contributed by atoms with Crippen LogP contribution in [0.3, 0.4) is 0 Å². The summed E-state index contributed by atoms with van der Waals surface area (Å²) >= 11 is 0. The number of imide groups is 1. The molecular formula is C19H26N2O4. The van der Waals surface area contributed by atoms with Crippen LogP contribution in [-0.4, -0.2) is 41.4 Å². The number of amides is 2. The maximum atomic E-state index is 12.6. The average molecular weight is 346 g/mol. The Bertz CT molecular complexity index is 603. The van der Waals surface area contributed by atoms with Crippen LogP contribution >= 0.6 is 0 Å². The summed E-state index contributed by atoms with van der Waals surface area (Å²) in [6.45, 7) is 1.77. The molecule has 2 amide bonds. The smallest absolute Gasteiger partial charge is 0.417 e. The Morgan fingerprint density at radius 2 is 1.96 bits per heavy atom. The number of rotatable bonds is 9. The van der Waals surface area contributed by atoms with Gasteiger partial charge in [-0.25, -0.2) is 9.69 Å². The largest absolute Gasteiger partial charge is 0.447 e. The van der Waals surface area contributed by atoms with E-state index in [9.17, 15) is 14.4 Å². The number of benzene rings is 1. The standard InChI is InChI=1S/C19H26N2O4/c1-14(22)8-4-2-7-11-17(20)18(23)21-16(13-25-19(21)24)12-15-9-5-3-6-10-15/h3,5-6,9-10,16-17H,2,4,7-8,11-13,20H2,1H3/t16-,17?/m0/s1. The molecule has 1 aromatic rings. The number of hydrogen-bond acceptors (Lipinski definition) is 5. The van der Waals surface area contributed by atoms with Gasteiger partial charge in [-0.05, 0) is 31.7 Å². The first-order chi connectivity index (χ1) is 12.0. The van der Waals surface area contributed by atoms with Gasteiger partial charge in [0.15, 0.2) is 0 Å². The molecule has 0 spiro atoms. The fourth-order valence-electron chi connectivity index (χ4n) is 2.98.